The van der Waals surface area contributed by atoms with Crippen molar-refractivity contribution in [3.8, 4) is 5.75 Å². The Morgan fingerprint density at radius 1 is 1.24 bits per heavy atom. The predicted octanol–water partition coefficient (Wildman–Crippen LogP) is 1.40. The van der Waals surface area contributed by atoms with Crippen LogP contribution in [0.5, 0.6) is 5.75 Å². The highest BCUT2D eigenvalue weighted by molar-refractivity contribution is 5.85. The molecule has 0 atom stereocenters. The Morgan fingerprint density at radius 3 is 2.52 bits per heavy atom. The third-order valence-electron chi connectivity index (χ3n) is 4.61. The minimum Gasteiger partial charge on any atom is -0.494 e. The smallest absolute Gasteiger partial charge is 0.252 e. The van der Waals surface area contributed by atoms with Crippen LogP contribution in [0, 0.1) is 0 Å². The molecule has 1 amide bonds. The van der Waals surface area contributed by atoms with Gasteiger partial charge in [-0.2, -0.15) is 0 Å². The summed E-state index contributed by atoms with van der Waals surface area (Å²) >= 11 is 0. The fraction of sp³-hybridized carbons (Fsp3) is 0.632. The van der Waals surface area contributed by atoms with E-state index in [9.17, 15) is 4.79 Å². The van der Waals surface area contributed by atoms with Gasteiger partial charge in [0.05, 0.1) is 6.61 Å². The molecule has 1 aromatic carbocycles. The molecule has 2 rings (SSSR count). The Labute approximate surface area is 150 Å². The molecule has 1 aromatic rings. The standard InChI is InChI=1S/C19H31N3O3/c1-22(2)13-4-14-25-17-7-5-16(6-8-17)15-21-18(23)19(24-3)9-11-20-12-10-19/h5-8,20H,4,9-15H2,1-3H3,(H,21,23). The lowest BCUT2D eigenvalue weighted by Gasteiger charge is -2.34. The first-order valence-electron chi connectivity index (χ1n) is 8.96. The quantitative estimate of drug-likeness (QED) is 0.660. The van der Waals surface area contributed by atoms with E-state index in [1.165, 1.54) is 0 Å². The average Bonchev–Trinajstić information content (AvgIpc) is 2.64. The Morgan fingerprint density at radius 2 is 1.92 bits per heavy atom. The third kappa shape index (κ3) is 5.99. The number of benzene rings is 1. The van der Waals surface area contributed by atoms with Crippen molar-refractivity contribution in [2.75, 3.05) is 47.4 Å². The lowest BCUT2D eigenvalue weighted by atomic mass is 9.91. The van der Waals surface area contributed by atoms with E-state index >= 15 is 0 Å². The molecule has 25 heavy (non-hydrogen) atoms. The first kappa shape index (κ1) is 19.7. The predicted molar refractivity (Wildman–Crippen MR) is 98.8 cm³/mol. The van der Waals surface area contributed by atoms with Crippen molar-refractivity contribution in [2.24, 2.45) is 0 Å². The van der Waals surface area contributed by atoms with E-state index in [0.717, 1.165) is 37.4 Å². The van der Waals surface area contributed by atoms with Crippen LogP contribution >= 0.6 is 0 Å². The number of amides is 1. The first-order valence-corrected chi connectivity index (χ1v) is 8.96. The lowest BCUT2D eigenvalue weighted by molar-refractivity contribution is -0.146. The lowest BCUT2D eigenvalue weighted by Crippen LogP contribution is -2.53. The van der Waals surface area contributed by atoms with E-state index in [2.05, 4.69) is 29.6 Å². The van der Waals surface area contributed by atoms with Crippen LogP contribution in [-0.4, -0.2) is 63.9 Å². The summed E-state index contributed by atoms with van der Waals surface area (Å²) in [5.41, 5.74) is 0.356. The highest BCUT2D eigenvalue weighted by atomic mass is 16.5. The Kier molecular flexibility index (Phi) is 7.68. The topological polar surface area (TPSA) is 62.8 Å². The minimum absolute atomic E-state index is 0.0273. The molecule has 0 saturated carbocycles. The van der Waals surface area contributed by atoms with Crippen LogP contribution in [0.25, 0.3) is 0 Å². The average molecular weight is 349 g/mol. The van der Waals surface area contributed by atoms with Gasteiger partial charge in [-0.1, -0.05) is 12.1 Å². The van der Waals surface area contributed by atoms with Gasteiger partial charge in [-0.15, -0.1) is 0 Å². The van der Waals surface area contributed by atoms with E-state index in [1.54, 1.807) is 7.11 Å². The number of hydrogen-bond donors (Lipinski definition) is 2. The number of carbonyl (C=O) groups excluding carboxylic acids is 1. The van der Waals surface area contributed by atoms with Crippen LogP contribution in [0.1, 0.15) is 24.8 Å². The van der Waals surface area contributed by atoms with Gasteiger partial charge in [0.1, 0.15) is 11.4 Å². The van der Waals surface area contributed by atoms with E-state index in [0.29, 0.717) is 26.0 Å². The second-order valence-corrected chi connectivity index (χ2v) is 6.78. The van der Waals surface area contributed by atoms with E-state index < -0.39 is 5.60 Å². The molecule has 1 aliphatic rings. The second kappa shape index (κ2) is 9.75. The van der Waals surface area contributed by atoms with Gasteiger partial charge in [0, 0.05) is 20.2 Å². The number of hydrogen-bond acceptors (Lipinski definition) is 5. The number of nitrogens with zero attached hydrogens (tertiary/aromatic N) is 1. The summed E-state index contributed by atoms with van der Waals surface area (Å²) in [4.78, 5) is 14.7. The molecule has 1 aliphatic heterocycles. The van der Waals surface area contributed by atoms with Crippen LogP contribution in [0.15, 0.2) is 24.3 Å². The molecule has 0 unspecified atom stereocenters. The summed E-state index contributed by atoms with van der Waals surface area (Å²) in [7, 11) is 5.73. The Bertz CT molecular complexity index is 525. The zero-order valence-electron chi connectivity index (χ0n) is 15.6. The van der Waals surface area contributed by atoms with Crippen molar-refractivity contribution in [1.82, 2.24) is 15.5 Å². The summed E-state index contributed by atoms with van der Waals surface area (Å²) in [5.74, 6) is 0.834. The third-order valence-corrected chi connectivity index (χ3v) is 4.61. The van der Waals surface area contributed by atoms with Gasteiger partial charge in [0.25, 0.3) is 5.91 Å². The van der Waals surface area contributed by atoms with Crippen molar-refractivity contribution >= 4 is 5.91 Å². The molecule has 6 heteroatoms. The van der Waals surface area contributed by atoms with E-state index in [1.807, 2.05) is 24.3 Å². The normalized spacial score (nSPS) is 16.6. The fourth-order valence-electron chi connectivity index (χ4n) is 2.97. The first-order chi connectivity index (χ1) is 12.1. The summed E-state index contributed by atoms with van der Waals surface area (Å²) < 4.78 is 11.3. The maximum atomic E-state index is 12.5. The molecule has 1 fully saturated rings. The highest BCUT2D eigenvalue weighted by Crippen LogP contribution is 2.22. The van der Waals surface area contributed by atoms with Crippen molar-refractivity contribution in [2.45, 2.75) is 31.4 Å². The molecule has 0 spiro atoms. The monoisotopic (exact) mass is 349 g/mol. The summed E-state index contributed by atoms with van der Waals surface area (Å²) in [6, 6.07) is 7.88. The second-order valence-electron chi connectivity index (χ2n) is 6.78. The Hall–Kier alpha value is -1.63. The van der Waals surface area contributed by atoms with Crippen molar-refractivity contribution in [3.63, 3.8) is 0 Å². The van der Waals surface area contributed by atoms with Crippen molar-refractivity contribution < 1.29 is 14.3 Å². The zero-order chi connectivity index (χ0) is 18.1. The molecule has 140 valence electrons. The van der Waals surface area contributed by atoms with Crippen molar-refractivity contribution in [1.29, 1.82) is 0 Å². The number of piperidine rings is 1. The molecule has 0 aliphatic carbocycles. The van der Waals surface area contributed by atoms with Crippen LogP contribution in [0.4, 0.5) is 0 Å². The van der Waals surface area contributed by atoms with Gasteiger partial charge in [0.15, 0.2) is 0 Å². The summed E-state index contributed by atoms with van der Waals surface area (Å²) in [6.45, 7) is 3.83. The van der Waals surface area contributed by atoms with Gasteiger partial charge in [-0.3, -0.25) is 4.79 Å². The van der Waals surface area contributed by atoms with Crippen LogP contribution in [-0.2, 0) is 16.1 Å². The molecule has 0 radical (unpaired) electrons. The number of nitrogens with one attached hydrogen (secondary N) is 2. The molecule has 1 heterocycles. The molecule has 6 nitrogen and oxygen atoms in total. The summed E-state index contributed by atoms with van der Waals surface area (Å²) in [5, 5.41) is 6.27. The molecule has 2 N–H and O–H groups in total. The maximum Gasteiger partial charge on any atom is 0.252 e. The number of carbonyl (C=O) groups is 1. The number of rotatable bonds is 9. The van der Waals surface area contributed by atoms with Gasteiger partial charge >= 0.3 is 0 Å². The SMILES string of the molecule is COC1(C(=O)NCc2ccc(OCCCN(C)C)cc2)CCNCC1. The van der Waals surface area contributed by atoms with Gasteiger partial charge < -0.3 is 25.0 Å². The number of ether oxygens (including phenoxy) is 2. The van der Waals surface area contributed by atoms with Crippen LogP contribution in [0.2, 0.25) is 0 Å². The zero-order valence-corrected chi connectivity index (χ0v) is 15.6. The molecule has 0 bridgehead atoms. The van der Waals surface area contributed by atoms with E-state index in [4.69, 9.17) is 9.47 Å². The molecular weight excluding hydrogens is 318 g/mol. The molecule has 0 aromatic heterocycles. The van der Waals surface area contributed by atoms with Crippen LogP contribution in [0.3, 0.4) is 0 Å². The fourth-order valence-corrected chi connectivity index (χ4v) is 2.97. The molecule has 1 saturated heterocycles. The largest absolute Gasteiger partial charge is 0.494 e. The number of methoxy groups -OCH3 is 1. The van der Waals surface area contributed by atoms with Gasteiger partial charge in [-0.05, 0) is 64.1 Å². The van der Waals surface area contributed by atoms with Crippen LogP contribution < -0.4 is 15.4 Å². The highest BCUT2D eigenvalue weighted by Gasteiger charge is 2.39. The van der Waals surface area contributed by atoms with Gasteiger partial charge in [0.2, 0.25) is 0 Å². The van der Waals surface area contributed by atoms with Gasteiger partial charge in [-0.25, -0.2) is 0 Å². The minimum atomic E-state index is -0.694. The summed E-state index contributed by atoms with van der Waals surface area (Å²) in [6.07, 6.45) is 2.41. The Balaban J connectivity index is 1.78. The van der Waals surface area contributed by atoms with Crippen molar-refractivity contribution in [3.05, 3.63) is 29.8 Å². The molecular formula is C19H31N3O3. The maximum absolute atomic E-state index is 12.5. The van der Waals surface area contributed by atoms with E-state index in [-0.39, 0.29) is 5.91 Å².